The van der Waals surface area contributed by atoms with Crippen molar-refractivity contribution < 1.29 is 14.2 Å². The SMILES string of the molecule is COc1cc(CNC2CC(N)C2)cc(OC)c1OC. The van der Waals surface area contributed by atoms with Crippen LogP contribution in [-0.4, -0.2) is 33.4 Å². The van der Waals surface area contributed by atoms with E-state index in [0.29, 0.717) is 29.3 Å². The van der Waals surface area contributed by atoms with E-state index in [1.54, 1.807) is 21.3 Å². The summed E-state index contributed by atoms with van der Waals surface area (Å²) in [5.74, 6) is 1.99. The molecule has 1 aromatic rings. The Morgan fingerprint density at radius 1 is 1.11 bits per heavy atom. The molecule has 1 aromatic carbocycles. The molecule has 0 spiro atoms. The molecule has 1 aliphatic carbocycles. The van der Waals surface area contributed by atoms with Crippen molar-refractivity contribution in [2.45, 2.75) is 31.5 Å². The van der Waals surface area contributed by atoms with E-state index in [1.807, 2.05) is 12.1 Å². The molecular weight excluding hydrogens is 244 g/mol. The van der Waals surface area contributed by atoms with Crippen LogP contribution >= 0.6 is 0 Å². The topological polar surface area (TPSA) is 65.7 Å². The fourth-order valence-corrected chi connectivity index (χ4v) is 2.33. The van der Waals surface area contributed by atoms with Gasteiger partial charge in [0.25, 0.3) is 0 Å². The summed E-state index contributed by atoms with van der Waals surface area (Å²) in [5.41, 5.74) is 6.88. The van der Waals surface area contributed by atoms with Gasteiger partial charge in [0, 0.05) is 18.6 Å². The molecule has 0 aliphatic heterocycles. The summed E-state index contributed by atoms with van der Waals surface area (Å²) in [7, 11) is 4.85. The number of hydrogen-bond donors (Lipinski definition) is 2. The molecule has 0 atom stereocenters. The van der Waals surface area contributed by atoms with Crippen LogP contribution in [0.3, 0.4) is 0 Å². The molecule has 0 radical (unpaired) electrons. The highest BCUT2D eigenvalue weighted by atomic mass is 16.5. The normalized spacial score (nSPS) is 21.7. The van der Waals surface area contributed by atoms with Gasteiger partial charge in [-0.3, -0.25) is 0 Å². The van der Waals surface area contributed by atoms with Crippen LogP contribution in [-0.2, 0) is 6.54 Å². The molecular formula is C14H22N2O3. The van der Waals surface area contributed by atoms with Crippen molar-refractivity contribution in [1.82, 2.24) is 5.32 Å². The summed E-state index contributed by atoms with van der Waals surface area (Å²) < 4.78 is 16.0. The second-order valence-electron chi connectivity index (χ2n) is 4.84. The van der Waals surface area contributed by atoms with Crippen molar-refractivity contribution in [1.29, 1.82) is 0 Å². The maximum absolute atomic E-state index is 5.77. The van der Waals surface area contributed by atoms with E-state index in [2.05, 4.69) is 5.32 Å². The minimum absolute atomic E-state index is 0.359. The molecule has 1 saturated carbocycles. The summed E-state index contributed by atoms with van der Waals surface area (Å²) in [6.07, 6.45) is 2.09. The lowest BCUT2D eigenvalue weighted by atomic mass is 9.87. The van der Waals surface area contributed by atoms with Gasteiger partial charge in [0.1, 0.15) is 0 Å². The quantitative estimate of drug-likeness (QED) is 0.812. The van der Waals surface area contributed by atoms with E-state index in [0.717, 1.165) is 24.9 Å². The molecule has 5 nitrogen and oxygen atoms in total. The zero-order chi connectivity index (χ0) is 13.8. The second-order valence-corrected chi connectivity index (χ2v) is 4.84. The summed E-state index contributed by atoms with van der Waals surface area (Å²) in [6, 6.07) is 4.81. The molecule has 0 heterocycles. The predicted octanol–water partition coefficient (Wildman–Crippen LogP) is 1.29. The van der Waals surface area contributed by atoms with Gasteiger partial charge in [-0.15, -0.1) is 0 Å². The van der Waals surface area contributed by atoms with E-state index in [1.165, 1.54) is 0 Å². The molecule has 3 N–H and O–H groups in total. The van der Waals surface area contributed by atoms with E-state index < -0.39 is 0 Å². The first-order valence-corrected chi connectivity index (χ1v) is 6.45. The van der Waals surface area contributed by atoms with Gasteiger partial charge in [-0.05, 0) is 30.5 Å². The minimum Gasteiger partial charge on any atom is -0.493 e. The Kier molecular flexibility index (Phi) is 4.50. The Bertz CT molecular complexity index is 406. The number of ether oxygens (including phenoxy) is 3. The maximum atomic E-state index is 5.77. The number of methoxy groups -OCH3 is 3. The molecule has 5 heteroatoms. The van der Waals surface area contributed by atoms with Crippen LogP contribution in [0.1, 0.15) is 18.4 Å². The van der Waals surface area contributed by atoms with Crippen molar-refractivity contribution in [2.24, 2.45) is 5.73 Å². The number of rotatable bonds is 6. The molecule has 0 bridgehead atoms. The lowest BCUT2D eigenvalue weighted by Crippen LogP contribution is -2.48. The third-order valence-electron chi connectivity index (χ3n) is 3.49. The first kappa shape index (κ1) is 14.0. The Morgan fingerprint density at radius 2 is 1.68 bits per heavy atom. The van der Waals surface area contributed by atoms with Crippen molar-refractivity contribution in [3.8, 4) is 17.2 Å². The first-order valence-electron chi connectivity index (χ1n) is 6.45. The molecule has 19 heavy (non-hydrogen) atoms. The molecule has 1 fully saturated rings. The second kappa shape index (κ2) is 6.12. The maximum Gasteiger partial charge on any atom is 0.203 e. The summed E-state index contributed by atoms with van der Waals surface area (Å²) in [4.78, 5) is 0. The van der Waals surface area contributed by atoms with Crippen LogP contribution in [0.2, 0.25) is 0 Å². The highest BCUT2D eigenvalue weighted by molar-refractivity contribution is 5.53. The third kappa shape index (κ3) is 3.11. The molecule has 0 amide bonds. The Labute approximate surface area is 114 Å². The molecule has 0 saturated heterocycles. The number of benzene rings is 1. The first-order chi connectivity index (χ1) is 9.17. The average Bonchev–Trinajstić information content (AvgIpc) is 2.40. The van der Waals surface area contributed by atoms with E-state index in [4.69, 9.17) is 19.9 Å². The van der Waals surface area contributed by atoms with Gasteiger partial charge in [-0.2, -0.15) is 0 Å². The minimum atomic E-state index is 0.359. The van der Waals surface area contributed by atoms with E-state index in [-0.39, 0.29) is 0 Å². The van der Waals surface area contributed by atoms with Crippen LogP contribution in [0.15, 0.2) is 12.1 Å². The van der Waals surface area contributed by atoms with Crippen molar-refractivity contribution in [2.75, 3.05) is 21.3 Å². The van der Waals surface area contributed by atoms with Crippen molar-refractivity contribution in [3.63, 3.8) is 0 Å². The van der Waals surface area contributed by atoms with Gasteiger partial charge in [0.2, 0.25) is 5.75 Å². The Balaban J connectivity index is 2.07. The fourth-order valence-electron chi connectivity index (χ4n) is 2.33. The summed E-state index contributed by atoms with van der Waals surface area (Å²) in [5, 5.41) is 3.47. The van der Waals surface area contributed by atoms with Gasteiger partial charge in [-0.1, -0.05) is 0 Å². The molecule has 1 aliphatic rings. The van der Waals surface area contributed by atoms with Gasteiger partial charge in [-0.25, -0.2) is 0 Å². The Hall–Kier alpha value is -1.46. The zero-order valence-electron chi connectivity index (χ0n) is 11.7. The zero-order valence-corrected chi connectivity index (χ0v) is 11.7. The average molecular weight is 266 g/mol. The molecule has 2 rings (SSSR count). The number of nitrogens with two attached hydrogens (primary N) is 1. The highest BCUT2D eigenvalue weighted by Crippen LogP contribution is 2.38. The lowest BCUT2D eigenvalue weighted by Gasteiger charge is -2.33. The van der Waals surface area contributed by atoms with Crippen LogP contribution < -0.4 is 25.3 Å². The largest absolute Gasteiger partial charge is 0.493 e. The molecule has 0 aromatic heterocycles. The Morgan fingerprint density at radius 3 is 2.11 bits per heavy atom. The van der Waals surface area contributed by atoms with Gasteiger partial charge in [0.15, 0.2) is 11.5 Å². The highest BCUT2D eigenvalue weighted by Gasteiger charge is 2.25. The van der Waals surface area contributed by atoms with Gasteiger partial charge >= 0.3 is 0 Å². The summed E-state index contributed by atoms with van der Waals surface area (Å²) in [6.45, 7) is 0.772. The fraction of sp³-hybridized carbons (Fsp3) is 0.571. The third-order valence-corrected chi connectivity index (χ3v) is 3.49. The van der Waals surface area contributed by atoms with Crippen LogP contribution in [0.4, 0.5) is 0 Å². The summed E-state index contributed by atoms with van der Waals surface area (Å²) >= 11 is 0. The van der Waals surface area contributed by atoms with E-state index in [9.17, 15) is 0 Å². The van der Waals surface area contributed by atoms with Crippen LogP contribution in [0.25, 0.3) is 0 Å². The van der Waals surface area contributed by atoms with Crippen LogP contribution in [0.5, 0.6) is 17.2 Å². The molecule has 0 unspecified atom stereocenters. The number of nitrogens with one attached hydrogen (secondary N) is 1. The monoisotopic (exact) mass is 266 g/mol. The van der Waals surface area contributed by atoms with Gasteiger partial charge < -0.3 is 25.3 Å². The lowest BCUT2D eigenvalue weighted by molar-refractivity contribution is 0.289. The van der Waals surface area contributed by atoms with Gasteiger partial charge in [0.05, 0.1) is 21.3 Å². The van der Waals surface area contributed by atoms with Crippen molar-refractivity contribution in [3.05, 3.63) is 17.7 Å². The molecule has 106 valence electrons. The number of hydrogen-bond acceptors (Lipinski definition) is 5. The standard InChI is InChI=1S/C14H22N2O3/c1-17-12-4-9(5-13(18-2)14(12)19-3)8-16-11-6-10(15)7-11/h4-5,10-11,16H,6-8,15H2,1-3H3. The van der Waals surface area contributed by atoms with E-state index >= 15 is 0 Å². The van der Waals surface area contributed by atoms with Crippen molar-refractivity contribution >= 4 is 0 Å². The van der Waals surface area contributed by atoms with Crippen LogP contribution in [0, 0.1) is 0 Å². The predicted molar refractivity (Wildman–Crippen MR) is 73.9 cm³/mol. The smallest absolute Gasteiger partial charge is 0.203 e.